The van der Waals surface area contributed by atoms with Crippen LogP contribution in [0.1, 0.15) is 50.5 Å². The molecule has 0 N–H and O–H groups in total. The number of nitrogens with zero attached hydrogens (tertiary/aromatic N) is 1. The minimum atomic E-state index is 0.580. The maximum atomic E-state index is 10.7. The number of rotatable bonds is 7. The Labute approximate surface area is 175 Å². The van der Waals surface area contributed by atoms with Gasteiger partial charge in [0, 0.05) is 12.1 Å². The maximum Gasteiger partial charge on any atom is 0.233 e. The Morgan fingerprint density at radius 2 is 1.38 bits per heavy atom. The van der Waals surface area contributed by atoms with E-state index in [1.165, 1.54) is 58.0 Å². The minimum Gasteiger partial charge on any atom is -0.492 e. The molecule has 0 atom stereocenters. The highest BCUT2D eigenvalue weighted by Gasteiger charge is 2.27. The van der Waals surface area contributed by atoms with Crippen LogP contribution in [0, 0.1) is 11.8 Å². The molecule has 1 aliphatic carbocycles. The summed E-state index contributed by atoms with van der Waals surface area (Å²) in [6, 6.07) is 15.7. The van der Waals surface area contributed by atoms with Crippen molar-refractivity contribution in [2.75, 3.05) is 26.2 Å². The normalized spacial score (nSPS) is 19.2. The monoisotopic (exact) mass is 390 g/mol. The Hall–Kier alpha value is -2.13. The average molecular weight is 391 g/mol. The van der Waals surface area contributed by atoms with Crippen LogP contribution in [-0.4, -0.2) is 37.4 Å². The Kier molecular flexibility index (Phi) is 7.00. The Morgan fingerprint density at radius 1 is 0.793 bits per heavy atom. The first kappa shape index (κ1) is 20.2. The summed E-state index contributed by atoms with van der Waals surface area (Å²) in [6.07, 6.45) is 12.0. The zero-order valence-corrected chi connectivity index (χ0v) is 17.3. The van der Waals surface area contributed by atoms with Crippen LogP contribution in [0.15, 0.2) is 48.5 Å². The van der Waals surface area contributed by atoms with Gasteiger partial charge in [0.2, 0.25) is 6.29 Å². The highest BCUT2D eigenvalue weighted by Crippen LogP contribution is 2.35. The van der Waals surface area contributed by atoms with Crippen LogP contribution in [0.5, 0.6) is 5.75 Å². The first-order valence-electron chi connectivity index (χ1n) is 11.3. The minimum absolute atomic E-state index is 0.580. The van der Waals surface area contributed by atoms with E-state index in [9.17, 15) is 4.79 Å². The number of hydrogen-bond acceptors (Lipinski definition) is 3. The van der Waals surface area contributed by atoms with E-state index in [1.54, 1.807) is 12.1 Å². The van der Waals surface area contributed by atoms with Gasteiger partial charge in [-0.1, -0.05) is 68.5 Å². The fourth-order valence-electron chi connectivity index (χ4n) is 5.02. The predicted octanol–water partition coefficient (Wildman–Crippen LogP) is 5.48. The van der Waals surface area contributed by atoms with Gasteiger partial charge in [-0.3, -0.25) is 9.69 Å². The standard InChI is InChI=1S/C26H32NO2/c28-20-21-6-8-23(9-7-21)24-10-12-26(13-11-24)29-19-18-27-16-14-25(15-17-27)22-4-2-1-3-5-22/h6-13,22,25H,1-5,14-19H2. The Morgan fingerprint density at radius 3 is 2.00 bits per heavy atom. The zero-order chi connectivity index (χ0) is 19.9. The molecule has 0 amide bonds. The number of piperidine rings is 1. The van der Waals surface area contributed by atoms with Crippen LogP contribution in [0.2, 0.25) is 0 Å². The summed E-state index contributed by atoms with van der Waals surface area (Å²) in [5, 5.41) is 0. The molecule has 3 heteroatoms. The van der Waals surface area contributed by atoms with Gasteiger partial charge in [0.15, 0.2) is 0 Å². The lowest BCUT2D eigenvalue weighted by atomic mass is 9.76. The van der Waals surface area contributed by atoms with Crippen LogP contribution >= 0.6 is 0 Å². The van der Waals surface area contributed by atoms with Crippen molar-refractivity contribution in [1.82, 2.24) is 4.90 Å². The zero-order valence-electron chi connectivity index (χ0n) is 17.3. The lowest BCUT2D eigenvalue weighted by Gasteiger charge is -2.37. The topological polar surface area (TPSA) is 29.5 Å². The van der Waals surface area contributed by atoms with Crippen molar-refractivity contribution in [2.45, 2.75) is 44.9 Å². The van der Waals surface area contributed by atoms with E-state index in [-0.39, 0.29) is 0 Å². The van der Waals surface area contributed by atoms with Crippen molar-refractivity contribution in [3.63, 3.8) is 0 Å². The summed E-state index contributed by atoms with van der Waals surface area (Å²) in [5.74, 6) is 2.90. The molecule has 0 unspecified atom stereocenters. The van der Waals surface area contributed by atoms with Crippen LogP contribution in [-0.2, 0) is 4.79 Å². The van der Waals surface area contributed by atoms with Gasteiger partial charge in [0.05, 0.1) is 0 Å². The highest BCUT2D eigenvalue weighted by molar-refractivity contribution is 5.77. The summed E-state index contributed by atoms with van der Waals surface area (Å²) in [5.41, 5.74) is 2.80. The number of likely N-dealkylation sites (tertiary alicyclic amines) is 1. The molecule has 0 bridgehead atoms. The van der Waals surface area contributed by atoms with E-state index < -0.39 is 0 Å². The lowest BCUT2D eigenvalue weighted by Crippen LogP contribution is -2.38. The second-order valence-corrected chi connectivity index (χ2v) is 8.63. The third-order valence-electron chi connectivity index (χ3n) is 6.82. The fourth-order valence-corrected chi connectivity index (χ4v) is 5.02. The summed E-state index contributed by atoms with van der Waals surface area (Å²) in [6.45, 7) is 4.23. The second kappa shape index (κ2) is 10.1. The molecular weight excluding hydrogens is 358 g/mol. The molecule has 2 aliphatic rings. The van der Waals surface area contributed by atoms with Crippen molar-refractivity contribution < 1.29 is 9.53 Å². The molecule has 2 aromatic carbocycles. The van der Waals surface area contributed by atoms with E-state index in [0.717, 1.165) is 41.9 Å². The second-order valence-electron chi connectivity index (χ2n) is 8.63. The van der Waals surface area contributed by atoms with Gasteiger partial charge in [-0.15, -0.1) is 0 Å². The Bertz CT molecular complexity index is 754. The third-order valence-corrected chi connectivity index (χ3v) is 6.82. The van der Waals surface area contributed by atoms with E-state index >= 15 is 0 Å². The molecule has 153 valence electrons. The predicted molar refractivity (Wildman–Crippen MR) is 118 cm³/mol. The van der Waals surface area contributed by atoms with Crippen molar-refractivity contribution >= 4 is 6.29 Å². The number of benzene rings is 2. The molecule has 3 nitrogen and oxygen atoms in total. The van der Waals surface area contributed by atoms with E-state index in [1.807, 2.05) is 30.6 Å². The van der Waals surface area contributed by atoms with Crippen molar-refractivity contribution in [1.29, 1.82) is 0 Å². The number of hydrogen-bond donors (Lipinski definition) is 0. The lowest BCUT2D eigenvalue weighted by molar-refractivity contribution is 0.114. The largest absolute Gasteiger partial charge is 0.492 e. The number of ether oxygens (including phenoxy) is 1. The molecule has 2 aromatic rings. The smallest absolute Gasteiger partial charge is 0.233 e. The van der Waals surface area contributed by atoms with E-state index in [0.29, 0.717) is 5.56 Å². The van der Waals surface area contributed by atoms with Crippen LogP contribution in [0.25, 0.3) is 11.1 Å². The SMILES string of the molecule is O=[C]c1ccc(-c2ccc(OCCN3CCC(C4CCCCC4)CC3)cc2)cc1. The molecule has 29 heavy (non-hydrogen) atoms. The molecule has 1 radical (unpaired) electrons. The van der Waals surface area contributed by atoms with Gasteiger partial charge in [-0.2, -0.15) is 0 Å². The van der Waals surface area contributed by atoms with Crippen LogP contribution < -0.4 is 4.74 Å². The van der Waals surface area contributed by atoms with Crippen LogP contribution in [0.4, 0.5) is 0 Å². The molecule has 0 aromatic heterocycles. The third kappa shape index (κ3) is 5.48. The van der Waals surface area contributed by atoms with Gasteiger partial charge in [-0.05, 0) is 61.0 Å². The molecule has 4 rings (SSSR count). The molecule has 1 saturated heterocycles. The first-order chi connectivity index (χ1) is 14.3. The van der Waals surface area contributed by atoms with Crippen molar-refractivity contribution in [2.24, 2.45) is 11.8 Å². The first-order valence-corrected chi connectivity index (χ1v) is 11.3. The molecule has 1 aliphatic heterocycles. The maximum absolute atomic E-state index is 10.7. The Balaban J connectivity index is 1.19. The quantitative estimate of drug-likeness (QED) is 0.627. The molecule has 1 heterocycles. The summed E-state index contributed by atoms with van der Waals surface area (Å²) < 4.78 is 5.99. The van der Waals surface area contributed by atoms with Crippen molar-refractivity contribution in [3.05, 3.63) is 54.1 Å². The van der Waals surface area contributed by atoms with Gasteiger partial charge in [0.25, 0.3) is 0 Å². The highest BCUT2D eigenvalue weighted by atomic mass is 16.5. The number of carbonyl (C=O) groups excluding carboxylic acids is 1. The fraction of sp³-hybridized carbons (Fsp3) is 0.500. The molecular formula is C26H32NO2. The van der Waals surface area contributed by atoms with Crippen molar-refractivity contribution in [3.8, 4) is 16.9 Å². The molecule has 1 saturated carbocycles. The average Bonchev–Trinajstić information content (AvgIpc) is 2.81. The summed E-state index contributed by atoms with van der Waals surface area (Å²) in [7, 11) is 0. The van der Waals surface area contributed by atoms with E-state index in [4.69, 9.17) is 4.74 Å². The van der Waals surface area contributed by atoms with E-state index in [2.05, 4.69) is 17.0 Å². The van der Waals surface area contributed by atoms with Gasteiger partial charge in [-0.25, -0.2) is 0 Å². The van der Waals surface area contributed by atoms with Crippen LogP contribution in [0.3, 0.4) is 0 Å². The molecule has 2 fully saturated rings. The van der Waals surface area contributed by atoms with Gasteiger partial charge in [0.1, 0.15) is 12.4 Å². The molecule has 0 spiro atoms. The van der Waals surface area contributed by atoms with Gasteiger partial charge < -0.3 is 4.74 Å². The summed E-state index contributed by atoms with van der Waals surface area (Å²) in [4.78, 5) is 13.2. The summed E-state index contributed by atoms with van der Waals surface area (Å²) >= 11 is 0. The van der Waals surface area contributed by atoms with Gasteiger partial charge >= 0.3 is 0 Å².